The molecule has 4 atom stereocenters. The third kappa shape index (κ3) is 3.78. The summed E-state index contributed by atoms with van der Waals surface area (Å²) in [6, 6.07) is 33.3. The van der Waals surface area contributed by atoms with Gasteiger partial charge >= 0.3 is 0 Å². The van der Waals surface area contributed by atoms with Crippen LogP contribution in [0.15, 0.2) is 84.9 Å². The molecule has 0 saturated carbocycles. The summed E-state index contributed by atoms with van der Waals surface area (Å²) < 4.78 is 5.65. The maximum atomic E-state index is 5.65. The van der Waals surface area contributed by atoms with Crippen molar-refractivity contribution in [2.24, 2.45) is 5.92 Å². The lowest BCUT2D eigenvalue weighted by molar-refractivity contribution is -0.0465. The van der Waals surface area contributed by atoms with Gasteiger partial charge < -0.3 is 10.1 Å². The minimum atomic E-state index is 0.369. The number of hydrogen-bond acceptors (Lipinski definition) is 3. The minimum absolute atomic E-state index is 0.369. The van der Waals surface area contributed by atoms with Crippen LogP contribution in [0.2, 0.25) is 0 Å². The highest BCUT2D eigenvalue weighted by Crippen LogP contribution is 2.52. The predicted molar refractivity (Wildman–Crippen MR) is 134 cm³/mol. The molecule has 1 N–H and O–H groups in total. The molecule has 4 aliphatic rings. The number of para-hydroxylation sites is 1. The first-order valence-electron chi connectivity index (χ1n) is 12.6. The van der Waals surface area contributed by atoms with Gasteiger partial charge in [-0.05, 0) is 48.8 Å². The van der Waals surface area contributed by atoms with Gasteiger partial charge in [-0.15, -0.1) is 0 Å². The van der Waals surface area contributed by atoms with Crippen LogP contribution in [0, 0.1) is 5.92 Å². The molecule has 4 aliphatic heterocycles. The minimum Gasteiger partial charge on any atom is -0.496 e. The van der Waals surface area contributed by atoms with E-state index in [0.717, 1.165) is 30.3 Å². The van der Waals surface area contributed by atoms with Gasteiger partial charge in [0.05, 0.1) is 7.11 Å². The van der Waals surface area contributed by atoms with E-state index < -0.39 is 0 Å². The van der Waals surface area contributed by atoms with E-state index in [1.165, 1.54) is 42.4 Å². The van der Waals surface area contributed by atoms with Crippen LogP contribution < -0.4 is 10.1 Å². The molecule has 7 rings (SSSR count). The quantitative estimate of drug-likeness (QED) is 0.519. The average molecular weight is 439 g/mol. The van der Waals surface area contributed by atoms with E-state index in [9.17, 15) is 0 Å². The average Bonchev–Trinajstić information content (AvgIpc) is 3.17. The molecule has 3 aromatic carbocycles. The number of piperidine rings is 3. The van der Waals surface area contributed by atoms with E-state index >= 15 is 0 Å². The summed E-state index contributed by atoms with van der Waals surface area (Å²) in [6.45, 7) is 0.848. The lowest BCUT2D eigenvalue weighted by atomic mass is 9.68. The van der Waals surface area contributed by atoms with Crippen molar-refractivity contribution < 1.29 is 4.74 Å². The van der Waals surface area contributed by atoms with Gasteiger partial charge in [-0.25, -0.2) is 0 Å². The van der Waals surface area contributed by atoms with Crippen molar-refractivity contribution in [1.29, 1.82) is 0 Å². The molecule has 3 heteroatoms. The summed E-state index contributed by atoms with van der Waals surface area (Å²) in [6.07, 6.45) is 5.42. The number of fused-ring (bicyclic) bond motifs is 1. The van der Waals surface area contributed by atoms with E-state index in [4.69, 9.17) is 4.74 Å². The second-order valence-corrected chi connectivity index (χ2v) is 10.1. The van der Waals surface area contributed by atoms with Crippen molar-refractivity contribution in [1.82, 2.24) is 10.2 Å². The Kier molecular flexibility index (Phi) is 5.69. The van der Waals surface area contributed by atoms with Crippen LogP contribution in [-0.2, 0) is 6.54 Å². The summed E-state index contributed by atoms with van der Waals surface area (Å²) in [5, 5.41) is 4.06. The largest absolute Gasteiger partial charge is 0.496 e. The fourth-order valence-electron chi connectivity index (χ4n) is 7.15. The summed E-state index contributed by atoms with van der Waals surface area (Å²) in [5.74, 6) is 2.08. The maximum Gasteiger partial charge on any atom is 0.123 e. The van der Waals surface area contributed by atoms with Gasteiger partial charge in [-0.1, -0.05) is 78.9 Å². The van der Waals surface area contributed by atoms with Crippen LogP contribution >= 0.6 is 0 Å². The third-order valence-corrected chi connectivity index (χ3v) is 8.43. The summed E-state index contributed by atoms with van der Waals surface area (Å²) in [4.78, 5) is 2.94. The number of nitrogens with zero attached hydrogens (tertiary/aromatic N) is 1. The smallest absolute Gasteiger partial charge is 0.123 e. The molecule has 3 aromatic rings. The predicted octanol–water partition coefficient (Wildman–Crippen LogP) is 5.61. The topological polar surface area (TPSA) is 24.5 Å². The molecule has 0 radical (unpaired) electrons. The number of ether oxygens (including phenoxy) is 1. The molecule has 0 aliphatic carbocycles. The van der Waals surface area contributed by atoms with E-state index in [2.05, 4.69) is 95.1 Å². The molecule has 0 aromatic heterocycles. The lowest BCUT2D eigenvalue weighted by Crippen LogP contribution is -2.68. The summed E-state index contributed by atoms with van der Waals surface area (Å²) >= 11 is 0. The first-order chi connectivity index (χ1) is 16.3. The Morgan fingerprint density at radius 2 is 1.39 bits per heavy atom. The highest BCUT2D eigenvalue weighted by Gasteiger charge is 2.56. The normalized spacial score (nSPS) is 30.0. The summed E-state index contributed by atoms with van der Waals surface area (Å²) in [7, 11) is 1.77. The van der Waals surface area contributed by atoms with Crippen molar-refractivity contribution in [2.75, 3.05) is 7.11 Å². The van der Waals surface area contributed by atoms with Gasteiger partial charge in [0.15, 0.2) is 0 Å². The van der Waals surface area contributed by atoms with Crippen LogP contribution in [-0.4, -0.2) is 36.2 Å². The van der Waals surface area contributed by atoms with Gasteiger partial charge in [0.2, 0.25) is 0 Å². The van der Waals surface area contributed by atoms with Gasteiger partial charge in [-0.3, -0.25) is 4.90 Å². The van der Waals surface area contributed by atoms with Gasteiger partial charge in [0.25, 0.3) is 0 Å². The highest BCUT2D eigenvalue weighted by atomic mass is 16.5. The molecule has 33 heavy (non-hydrogen) atoms. The van der Waals surface area contributed by atoms with Gasteiger partial charge in [0.1, 0.15) is 5.75 Å². The molecule has 4 bridgehead atoms. The van der Waals surface area contributed by atoms with E-state index in [-0.39, 0.29) is 0 Å². The Morgan fingerprint density at radius 1 is 0.818 bits per heavy atom. The molecule has 4 saturated heterocycles. The zero-order valence-electron chi connectivity index (χ0n) is 19.4. The summed E-state index contributed by atoms with van der Waals surface area (Å²) in [5.41, 5.74) is 4.11. The molecule has 2 unspecified atom stereocenters. The Morgan fingerprint density at radius 3 is 2.00 bits per heavy atom. The number of rotatable bonds is 7. The molecule has 4 fully saturated rings. The second kappa shape index (κ2) is 8.96. The van der Waals surface area contributed by atoms with Crippen LogP contribution in [0.25, 0.3) is 0 Å². The van der Waals surface area contributed by atoms with Crippen molar-refractivity contribution in [3.8, 4) is 5.75 Å². The Hall–Kier alpha value is -2.62. The first kappa shape index (κ1) is 20.9. The fraction of sp³-hybridized carbons (Fsp3) is 0.400. The SMILES string of the molecule is COc1ccccc1CNC1C2C[C@H]3CC[C@H](C2)N3C1C(c1ccccc1)c1ccccc1. The first-order valence-corrected chi connectivity index (χ1v) is 12.6. The van der Waals surface area contributed by atoms with Crippen molar-refractivity contribution >= 4 is 0 Å². The van der Waals surface area contributed by atoms with Gasteiger partial charge in [0, 0.05) is 42.2 Å². The Balaban J connectivity index is 1.39. The lowest BCUT2D eigenvalue weighted by Gasteiger charge is -2.58. The zero-order chi connectivity index (χ0) is 22.2. The molecule has 0 spiro atoms. The Bertz CT molecular complexity index is 1020. The number of hydrogen-bond donors (Lipinski definition) is 1. The molecule has 170 valence electrons. The second-order valence-electron chi connectivity index (χ2n) is 10.1. The molecule has 4 heterocycles. The number of methoxy groups -OCH3 is 1. The van der Waals surface area contributed by atoms with Gasteiger partial charge in [-0.2, -0.15) is 0 Å². The molecular formula is C30H34N2O. The molecule has 3 nitrogen and oxygen atoms in total. The number of nitrogens with one attached hydrogen (secondary N) is 1. The fourth-order valence-corrected chi connectivity index (χ4v) is 7.15. The van der Waals surface area contributed by atoms with E-state index in [0.29, 0.717) is 18.0 Å². The zero-order valence-corrected chi connectivity index (χ0v) is 19.4. The Labute approximate surface area is 197 Å². The van der Waals surface area contributed by atoms with Crippen LogP contribution in [0.5, 0.6) is 5.75 Å². The van der Waals surface area contributed by atoms with Crippen LogP contribution in [0.3, 0.4) is 0 Å². The molecule has 0 amide bonds. The van der Waals surface area contributed by atoms with Crippen molar-refractivity contribution in [3.63, 3.8) is 0 Å². The molecular weight excluding hydrogens is 404 g/mol. The maximum absolute atomic E-state index is 5.65. The third-order valence-electron chi connectivity index (χ3n) is 8.43. The van der Waals surface area contributed by atoms with E-state index in [1.54, 1.807) is 7.11 Å². The van der Waals surface area contributed by atoms with E-state index in [1.807, 2.05) is 0 Å². The number of benzene rings is 3. The highest BCUT2D eigenvalue weighted by molar-refractivity contribution is 5.37. The monoisotopic (exact) mass is 438 g/mol. The van der Waals surface area contributed by atoms with Crippen LogP contribution in [0.1, 0.15) is 48.3 Å². The van der Waals surface area contributed by atoms with Crippen molar-refractivity contribution in [3.05, 3.63) is 102 Å². The van der Waals surface area contributed by atoms with Crippen molar-refractivity contribution in [2.45, 2.75) is 62.3 Å². The van der Waals surface area contributed by atoms with Crippen LogP contribution in [0.4, 0.5) is 0 Å². The standard InChI is InChI=1S/C30H34N2O/c1-33-27-15-9-8-14-23(27)20-31-29-24-18-25-16-17-26(19-24)32(25)30(29)28(21-10-4-2-5-11-21)22-12-6-3-7-13-22/h2-15,24-26,28-31H,16-20H2,1H3/t25-,26-,29?,30?/m1/s1.